The third-order valence-corrected chi connectivity index (χ3v) is 5.06. The van der Waals surface area contributed by atoms with Crippen molar-refractivity contribution in [3.63, 3.8) is 0 Å². The second kappa shape index (κ2) is 8.06. The normalized spacial score (nSPS) is 11.5. The van der Waals surface area contributed by atoms with Crippen molar-refractivity contribution in [2.75, 3.05) is 7.05 Å². The Bertz CT molecular complexity index is 775. The molecule has 2 N–H and O–H groups in total. The minimum atomic E-state index is 0. The fourth-order valence-corrected chi connectivity index (χ4v) is 3.75. The van der Waals surface area contributed by atoms with Crippen LogP contribution in [-0.2, 0) is 13.1 Å². The van der Waals surface area contributed by atoms with Crippen LogP contribution in [0, 0.1) is 13.8 Å². The zero-order valence-electron chi connectivity index (χ0n) is 13.2. The monoisotopic (exact) mass is 462 g/mol. The maximum Gasteiger partial charge on any atom is 0.193 e. The molecule has 0 saturated carbocycles. The summed E-state index contributed by atoms with van der Waals surface area (Å²) >= 11 is 3.35. The highest BCUT2D eigenvalue weighted by Crippen LogP contribution is 2.16. The number of rotatable bonds is 4. The van der Waals surface area contributed by atoms with Crippen LogP contribution in [0.5, 0.6) is 0 Å². The molecule has 3 aromatic rings. The third kappa shape index (κ3) is 4.42. The summed E-state index contributed by atoms with van der Waals surface area (Å²) < 4.78 is 2.03. The van der Waals surface area contributed by atoms with Gasteiger partial charge in [0.15, 0.2) is 10.9 Å². The fraction of sp³-hybridized carbons (Fsp3) is 0.357. The number of aryl methyl sites for hydroxylation is 2. The van der Waals surface area contributed by atoms with Crippen molar-refractivity contribution >= 4 is 57.6 Å². The summed E-state index contributed by atoms with van der Waals surface area (Å²) in [6.07, 6.45) is 4.04. The number of thiazole rings is 2. The molecular weight excluding hydrogens is 443 g/mol. The number of fused-ring (bicyclic) bond motifs is 1. The maximum atomic E-state index is 4.54. The molecule has 0 fully saturated rings. The highest BCUT2D eigenvalue weighted by Gasteiger charge is 2.07. The Morgan fingerprint density at radius 1 is 1.26 bits per heavy atom. The fourth-order valence-electron chi connectivity index (χ4n) is 2.16. The van der Waals surface area contributed by atoms with Gasteiger partial charge in [0.1, 0.15) is 0 Å². The molecular formula is C14H19IN6S2. The number of aliphatic imine (C=N–C) groups is 1. The molecule has 0 radical (unpaired) electrons. The maximum absolute atomic E-state index is 4.54. The van der Waals surface area contributed by atoms with Gasteiger partial charge >= 0.3 is 0 Å². The number of nitrogens with one attached hydrogen (secondary N) is 2. The van der Waals surface area contributed by atoms with Crippen molar-refractivity contribution in [2.24, 2.45) is 4.99 Å². The quantitative estimate of drug-likeness (QED) is 0.356. The molecule has 0 aromatic carbocycles. The van der Waals surface area contributed by atoms with Gasteiger partial charge in [-0.05, 0) is 13.8 Å². The minimum absolute atomic E-state index is 0. The molecule has 124 valence electrons. The van der Waals surface area contributed by atoms with E-state index >= 15 is 0 Å². The van der Waals surface area contributed by atoms with Crippen LogP contribution < -0.4 is 10.6 Å². The number of aromatic nitrogens is 3. The predicted molar refractivity (Wildman–Crippen MR) is 107 cm³/mol. The lowest BCUT2D eigenvalue weighted by atomic mass is 10.4. The molecule has 0 aliphatic carbocycles. The van der Waals surface area contributed by atoms with Gasteiger partial charge in [0, 0.05) is 29.7 Å². The molecule has 0 saturated heterocycles. The summed E-state index contributed by atoms with van der Waals surface area (Å²) in [4.78, 5) is 15.5. The first kappa shape index (κ1) is 18.1. The number of guanidine groups is 1. The molecule has 0 bridgehead atoms. The lowest BCUT2D eigenvalue weighted by molar-refractivity contribution is 0.800. The van der Waals surface area contributed by atoms with E-state index in [1.54, 1.807) is 29.7 Å². The molecule has 0 spiro atoms. The van der Waals surface area contributed by atoms with E-state index in [1.165, 1.54) is 4.88 Å². The smallest absolute Gasteiger partial charge is 0.193 e. The predicted octanol–water partition coefficient (Wildman–Crippen LogP) is 2.95. The molecule has 6 nitrogen and oxygen atoms in total. The number of imidazole rings is 1. The van der Waals surface area contributed by atoms with E-state index in [0.29, 0.717) is 6.54 Å². The average molecular weight is 462 g/mol. The Hall–Kier alpha value is -1.20. The van der Waals surface area contributed by atoms with Crippen LogP contribution in [-0.4, -0.2) is 27.4 Å². The standard InChI is InChI=1S/C14H18N6S2.HI/c1-9-12(22-10(2)18-9)7-17-13(15-3)16-6-11-8-20-4-5-21-14(20)19-11;/h4-5,8H,6-7H2,1-3H3,(H2,15,16,17);1H. The van der Waals surface area contributed by atoms with E-state index in [2.05, 4.69) is 25.6 Å². The highest BCUT2D eigenvalue weighted by molar-refractivity contribution is 14.0. The summed E-state index contributed by atoms with van der Waals surface area (Å²) in [5.41, 5.74) is 2.08. The summed E-state index contributed by atoms with van der Waals surface area (Å²) in [5.74, 6) is 0.766. The van der Waals surface area contributed by atoms with Crippen molar-refractivity contribution in [2.45, 2.75) is 26.9 Å². The van der Waals surface area contributed by atoms with Gasteiger partial charge in [-0.1, -0.05) is 0 Å². The summed E-state index contributed by atoms with van der Waals surface area (Å²) in [5, 5.41) is 9.72. The first-order chi connectivity index (χ1) is 10.7. The van der Waals surface area contributed by atoms with Crippen LogP contribution in [0.3, 0.4) is 0 Å². The topological polar surface area (TPSA) is 66.6 Å². The lowest BCUT2D eigenvalue weighted by Gasteiger charge is -2.10. The molecule has 0 unspecified atom stereocenters. The van der Waals surface area contributed by atoms with E-state index in [4.69, 9.17) is 0 Å². The molecule has 23 heavy (non-hydrogen) atoms. The van der Waals surface area contributed by atoms with Gasteiger partial charge in [-0.2, -0.15) is 0 Å². The first-order valence-corrected chi connectivity index (χ1v) is 8.64. The Labute approximate surface area is 160 Å². The summed E-state index contributed by atoms with van der Waals surface area (Å²) in [7, 11) is 1.77. The van der Waals surface area contributed by atoms with Gasteiger partial charge in [0.05, 0.1) is 29.5 Å². The zero-order valence-corrected chi connectivity index (χ0v) is 17.1. The van der Waals surface area contributed by atoms with E-state index in [0.717, 1.165) is 33.9 Å². The Morgan fingerprint density at radius 2 is 2.04 bits per heavy atom. The van der Waals surface area contributed by atoms with Crippen molar-refractivity contribution < 1.29 is 0 Å². The van der Waals surface area contributed by atoms with Gasteiger partial charge in [0.2, 0.25) is 0 Å². The van der Waals surface area contributed by atoms with Crippen LogP contribution in [0.25, 0.3) is 4.96 Å². The molecule has 3 aromatic heterocycles. The van der Waals surface area contributed by atoms with Crippen LogP contribution in [0.15, 0.2) is 22.8 Å². The van der Waals surface area contributed by atoms with Gasteiger partial charge in [-0.25, -0.2) is 9.97 Å². The minimum Gasteiger partial charge on any atom is -0.351 e. The van der Waals surface area contributed by atoms with E-state index in [9.17, 15) is 0 Å². The molecule has 0 amide bonds. The lowest BCUT2D eigenvalue weighted by Crippen LogP contribution is -2.36. The number of nitrogens with zero attached hydrogens (tertiary/aromatic N) is 4. The second-order valence-corrected chi connectivity index (χ2v) is 7.01. The van der Waals surface area contributed by atoms with Crippen molar-refractivity contribution in [1.29, 1.82) is 0 Å². The Balaban J connectivity index is 0.00000192. The van der Waals surface area contributed by atoms with Crippen molar-refractivity contribution in [3.8, 4) is 0 Å². The Kier molecular flexibility index (Phi) is 6.36. The molecule has 0 atom stereocenters. The molecule has 9 heteroatoms. The zero-order chi connectivity index (χ0) is 15.5. The largest absolute Gasteiger partial charge is 0.351 e. The number of halogens is 1. The summed E-state index contributed by atoms with van der Waals surface area (Å²) in [6, 6.07) is 0. The van der Waals surface area contributed by atoms with E-state index < -0.39 is 0 Å². The van der Waals surface area contributed by atoms with E-state index in [-0.39, 0.29) is 24.0 Å². The molecule has 0 aliphatic rings. The van der Waals surface area contributed by atoms with Gasteiger partial charge in [-0.15, -0.1) is 46.7 Å². The third-order valence-electron chi connectivity index (χ3n) is 3.22. The number of hydrogen-bond donors (Lipinski definition) is 2. The van der Waals surface area contributed by atoms with Crippen LogP contribution >= 0.6 is 46.7 Å². The average Bonchev–Trinajstić information content (AvgIpc) is 3.14. The first-order valence-electron chi connectivity index (χ1n) is 6.94. The second-order valence-electron chi connectivity index (χ2n) is 4.85. The van der Waals surface area contributed by atoms with Crippen molar-refractivity contribution in [1.82, 2.24) is 25.0 Å². The van der Waals surface area contributed by atoms with Crippen molar-refractivity contribution in [3.05, 3.63) is 39.0 Å². The van der Waals surface area contributed by atoms with Gasteiger partial charge in [0.25, 0.3) is 0 Å². The highest BCUT2D eigenvalue weighted by atomic mass is 127. The molecule has 3 rings (SSSR count). The van der Waals surface area contributed by atoms with Crippen LogP contribution in [0.2, 0.25) is 0 Å². The number of hydrogen-bond acceptors (Lipinski definition) is 5. The van der Waals surface area contributed by atoms with Gasteiger partial charge < -0.3 is 10.6 Å². The molecule has 3 heterocycles. The molecule has 0 aliphatic heterocycles. The van der Waals surface area contributed by atoms with Crippen LogP contribution in [0.1, 0.15) is 21.3 Å². The van der Waals surface area contributed by atoms with E-state index in [1.807, 2.05) is 36.0 Å². The Morgan fingerprint density at radius 3 is 2.70 bits per heavy atom. The van der Waals surface area contributed by atoms with Crippen LogP contribution in [0.4, 0.5) is 0 Å². The van der Waals surface area contributed by atoms with Gasteiger partial charge in [-0.3, -0.25) is 9.39 Å². The summed E-state index contributed by atoms with van der Waals surface area (Å²) in [6.45, 7) is 5.44. The SMILES string of the molecule is CN=C(NCc1cn2ccsc2n1)NCc1sc(C)nc1C.I.